The average molecular weight is 585 g/mol. The van der Waals surface area contributed by atoms with Gasteiger partial charge in [0.25, 0.3) is 0 Å². The largest absolute Gasteiger partial charge is 0.508 e. The first-order valence-corrected chi connectivity index (χ1v) is 14.1. The lowest BCUT2D eigenvalue weighted by molar-refractivity contribution is -0.148. The second-order valence-electron chi connectivity index (χ2n) is 10.1. The van der Waals surface area contributed by atoms with Crippen LogP contribution >= 0.6 is 0 Å². The molecule has 234 valence electrons. The molecule has 2 amide bonds. The molecule has 0 aromatic heterocycles. The van der Waals surface area contributed by atoms with Gasteiger partial charge in [-0.05, 0) is 44.9 Å². The molecule has 0 radical (unpaired) electrons. The number of alkyl carbamates (subject to hydrolysis) is 1. The maximum Gasteiger partial charge on any atom is 0.407 e. The van der Waals surface area contributed by atoms with Crippen LogP contribution in [-0.4, -0.2) is 101 Å². The molecular weight excluding hydrogens is 536 g/mol. The Morgan fingerprint density at radius 3 is 1.95 bits per heavy atom. The second kappa shape index (κ2) is 21.8. The lowest BCUT2D eigenvalue weighted by Gasteiger charge is -2.19. The van der Waals surface area contributed by atoms with E-state index in [4.69, 9.17) is 28.4 Å². The van der Waals surface area contributed by atoms with Gasteiger partial charge in [-0.15, -0.1) is 0 Å². The number of hydrogen-bond donors (Lipinski definition) is 3. The van der Waals surface area contributed by atoms with Gasteiger partial charge in [0.2, 0.25) is 5.91 Å². The minimum atomic E-state index is -0.827. The van der Waals surface area contributed by atoms with Crippen molar-refractivity contribution in [1.82, 2.24) is 10.6 Å². The number of amides is 2. The highest BCUT2D eigenvalue weighted by atomic mass is 16.6. The lowest BCUT2D eigenvalue weighted by atomic mass is 10.1. The number of aromatic hydroxyl groups is 1. The van der Waals surface area contributed by atoms with Crippen LogP contribution in [0.3, 0.4) is 0 Å². The van der Waals surface area contributed by atoms with Crippen LogP contribution in [0.15, 0.2) is 24.3 Å². The quantitative estimate of drug-likeness (QED) is 0.137. The molecule has 1 rings (SSSR count). The Hall–Kier alpha value is -2.93. The highest BCUT2D eigenvalue weighted by Crippen LogP contribution is 2.12. The van der Waals surface area contributed by atoms with E-state index in [1.54, 1.807) is 32.9 Å². The van der Waals surface area contributed by atoms with E-state index in [0.717, 1.165) is 18.4 Å². The molecule has 0 aliphatic carbocycles. The maximum absolute atomic E-state index is 12.5. The molecule has 0 saturated carbocycles. The topological polar surface area (TPSA) is 151 Å². The predicted molar refractivity (Wildman–Crippen MR) is 152 cm³/mol. The van der Waals surface area contributed by atoms with Crippen molar-refractivity contribution in [3.8, 4) is 5.75 Å². The van der Waals surface area contributed by atoms with Crippen molar-refractivity contribution in [2.75, 3.05) is 66.0 Å². The van der Waals surface area contributed by atoms with Crippen molar-refractivity contribution in [1.29, 1.82) is 0 Å². The number of carbonyl (C=O) groups is 3. The number of ether oxygens (including phenoxy) is 6. The van der Waals surface area contributed by atoms with Crippen molar-refractivity contribution in [3.63, 3.8) is 0 Å². The molecule has 1 unspecified atom stereocenters. The molecule has 12 heteroatoms. The standard InChI is InChI=1S/C29H48N2O10/c1-5-6-13-40-27(34)25(22-23-7-9-24(32)10-8-23)31-26(33)11-14-36-16-18-38-20-21-39-19-17-37-15-12-30-28(35)41-29(2,3)4/h7-10,25,32H,5-6,11-22H2,1-4H3,(H,30,35)(H,31,33). The first-order chi connectivity index (χ1) is 19.6. The van der Waals surface area contributed by atoms with E-state index >= 15 is 0 Å². The Bertz CT molecular complexity index is 858. The van der Waals surface area contributed by atoms with Gasteiger partial charge in [-0.3, -0.25) is 4.79 Å². The highest BCUT2D eigenvalue weighted by molar-refractivity contribution is 5.84. The molecule has 0 fully saturated rings. The summed E-state index contributed by atoms with van der Waals surface area (Å²) in [6.45, 7) is 10.9. The van der Waals surface area contributed by atoms with E-state index in [0.29, 0.717) is 59.4 Å². The molecule has 41 heavy (non-hydrogen) atoms. The summed E-state index contributed by atoms with van der Waals surface area (Å²) in [6, 6.07) is 5.63. The monoisotopic (exact) mass is 584 g/mol. The SMILES string of the molecule is CCCCOC(=O)C(Cc1ccc(O)cc1)NC(=O)CCOCCOCCOCCOCCNC(=O)OC(C)(C)C. The van der Waals surface area contributed by atoms with Gasteiger partial charge in [0, 0.05) is 19.4 Å². The fraction of sp³-hybridized carbons (Fsp3) is 0.690. The zero-order chi connectivity index (χ0) is 30.3. The molecular formula is C29H48N2O10. The third-order valence-corrected chi connectivity index (χ3v) is 5.24. The molecule has 0 spiro atoms. The van der Waals surface area contributed by atoms with Crippen LogP contribution in [0.2, 0.25) is 0 Å². The molecule has 1 aromatic carbocycles. The van der Waals surface area contributed by atoms with E-state index in [2.05, 4.69) is 10.6 Å². The smallest absolute Gasteiger partial charge is 0.407 e. The number of carbonyl (C=O) groups excluding carboxylic acids is 3. The Kier molecular flexibility index (Phi) is 19.2. The van der Waals surface area contributed by atoms with E-state index in [-0.39, 0.29) is 31.1 Å². The Morgan fingerprint density at radius 2 is 1.39 bits per heavy atom. The summed E-state index contributed by atoms with van der Waals surface area (Å²) < 4.78 is 32.1. The first kappa shape index (κ1) is 36.1. The summed E-state index contributed by atoms with van der Waals surface area (Å²) in [4.78, 5) is 36.4. The Labute approximate surface area is 243 Å². The average Bonchev–Trinajstić information content (AvgIpc) is 2.90. The number of phenolic OH excluding ortho intramolecular Hbond substituents is 1. The van der Waals surface area contributed by atoms with Crippen LogP contribution in [0.1, 0.15) is 52.5 Å². The minimum Gasteiger partial charge on any atom is -0.508 e. The van der Waals surface area contributed by atoms with Crippen molar-refractivity contribution in [3.05, 3.63) is 29.8 Å². The zero-order valence-corrected chi connectivity index (χ0v) is 24.9. The fourth-order valence-corrected chi connectivity index (χ4v) is 3.21. The van der Waals surface area contributed by atoms with E-state index in [1.165, 1.54) is 12.1 Å². The Balaban J connectivity index is 2.08. The molecule has 1 atom stereocenters. The number of benzene rings is 1. The second-order valence-corrected chi connectivity index (χ2v) is 10.1. The van der Waals surface area contributed by atoms with Gasteiger partial charge in [-0.25, -0.2) is 9.59 Å². The van der Waals surface area contributed by atoms with Gasteiger partial charge in [-0.2, -0.15) is 0 Å². The van der Waals surface area contributed by atoms with Crippen molar-refractivity contribution < 1.29 is 47.9 Å². The molecule has 0 heterocycles. The lowest BCUT2D eigenvalue weighted by Crippen LogP contribution is -2.43. The number of hydrogen-bond acceptors (Lipinski definition) is 10. The van der Waals surface area contributed by atoms with Crippen LogP contribution in [0, 0.1) is 0 Å². The summed E-state index contributed by atoms with van der Waals surface area (Å²) in [7, 11) is 0. The number of esters is 1. The third kappa shape index (κ3) is 20.6. The third-order valence-electron chi connectivity index (χ3n) is 5.24. The predicted octanol–water partition coefficient (Wildman–Crippen LogP) is 2.74. The van der Waals surface area contributed by atoms with E-state index < -0.39 is 23.7 Å². The van der Waals surface area contributed by atoms with Gasteiger partial charge < -0.3 is 44.2 Å². The van der Waals surface area contributed by atoms with Gasteiger partial charge in [0.1, 0.15) is 17.4 Å². The van der Waals surface area contributed by atoms with E-state index in [1.807, 2.05) is 6.92 Å². The summed E-state index contributed by atoms with van der Waals surface area (Å²) in [5.41, 5.74) is 0.258. The van der Waals surface area contributed by atoms with Crippen molar-refractivity contribution in [2.24, 2.45) is 0 Å². The van der Waals surface area contributed by atoms with Crippen LogP contribution < -0.4 is 10.6 Å². The van der Waals surface area contributed by atoms with Gasteiger partial charge >= 0.3 is 12.1 Å². The molecule has 3 N–H and O–H groups in total. The normalized spacial score (nSPS) is 12.0. The fourth-order valence-electron chi connectivity index (χ4n) is 3.21. The number of phenols is 1. The van der Waals surface area contributed by atoms with Crippen LogP contribution in [-0.2, 0) is 44.4 Å². The summed E-state index contributed by atoms with van der Waals surface area (Å²) in [5.74, 6) is -0.683. The van der Waals surface area contributed by atoms with Crippen LogP contribution in [0.25, 0.3) is 0 Å². The molecule has 0 bridgehead atoms. The molecule has 1 aromatic rings. The first-order valence-electron chi connectivity index (χ1n) is 14.1. The van der Waals surface area contributed by atoms with Crippen molar-refractivity contribution in [2.45, 2.75) is 65.0 Å². The number of nitrogens with one attached hydrogen (secondary N) is 2. The number of rotatable bonds is 22. The minimum absolute atomic E-state index is 0.0880. The molecule has 0 aliphatic heterocycles. The highest BCUT2D eigenvalue weighted by Gasteiger charge is 2.23. The molecule has 0 saturated heterocycles. The van der Waals surface area contributed by atoms with E-state index in [9.17, 15) is 19.5 Å². The Morgan fingerprint density at radius 1 is 0.829 bits per heavy atom. The van der Waals surface area contributed by atoms with Gasteiger partial charge in [-0.1, -0.05) is 25.5 Å². The number of unbranched alkanes of at least 4 members (excludes halogenated alkanes) is 1. The summed E-state index contributed by atoms with van der Waals surface area (Å²) >= 11 is 0. The maximum atomic E-state index is 12.5. The summed E-state index contributed by atoms with van der Waals surface area (Å²) in [6.07, 6.45) is 1.51. The van der Waals surface area contributed by atoms with Crippen molar-refractivity contribution >= 4 is 18.0 Å². The van der Waals surface area contributed by atoms with Crippen LogP contribution in [0.4, 0.5) is 4.79 Å². The summed E-state index contributed by atoms with van der Waals surface area (Å²) in [5, 5.41) is 14.8. The zero-order valence-electron chi connectivity index (χ0n) is 24.9. The van der Waals surface area contributed by atoms with Crippen LogP contribution in [0.5, 0.6) is 5.75 Å². The molecule has 0 aliphatic rings. The van der Waals surface area contributed by atoms with Gasteiger partial charge in [0.05, 0.1) is 59.5 Å². The van der Waals surface area contributed by atoms with Gasteiger partial charge in [0.15, 0.2) is 0 Å². The molecule has 12 nitrogen and oxygen atoms in total.